The molecule has 0 fully saturated rings. The molecule has 1 aromatic carbocycles. The predicted octanol–water partition coefficient (Wildman–Crippen LogP) is 2.08. The number of nitrogens with zero attached hydrogens (tertiary/aromatic N) is 1. The van der Waals surface area contributed by atoms with Crippen molar-refractivity contribution in [3.05, 3.63) is 47.4 Å². The van der Waals surface area contributed by atoms with E-state index in [-0.39, 0.29) is 11.7 Å². The quantitative estimate of drug-likeness (QED) is 0.421. The maximum absolute atomic E-state index is 11.5. The van der Waals surface area contributed by atoms with E-state index >= 15 is 0 Å². The molecule has 0 amide bonds. The standard InChI is InChI=1S/C18H23N3O5/c1-4-25-17(22)15-8-6-13(26-15)11-21-18(19)20-10-12-5-7-14(23-2)16(9-12)24-3/h5-9H,4,10-11H2,1-3H3,(H3,19,20,21). The molecular weight excluding hydrogens is 338 g/mol. The van der Waals surface area contributed by atoms with Gasteiger partial charge < -0.3 is 29.7 Å². The molecule has 1 aromatic heterocycles. The first-order valence-electron chi connectivity index (χ1n) is 8.07. The van der Waals surface area contributed by atoms with E-state index in [1.807, 2.05) is 18.2 Å². The zero-order valence-corrected chi connectivity index (χ0v) is 15.1. The number of furan rings is 1. The Bertz CT molecular complexity index is 770. The first-order valence-corrected chi connectivity index (χ1v) is 8.07. The number of nitrogens with two attached hydrogens (primary N) is 1. The molecule has 0 bridgehead atoms. The van der Waals surface area contributed by atoms with E-state index < -0.39 is 5.97 Å². The second kappa shape index (κ2) is 9.36. The van der Waals surface area contributed by atoms with Gasteiger partial charge in [-0.3, -0.25) is 0 Å². The van der Waals surface area contributed by atoms with Crippen LogP contribution in [-0.4, -0.2) is 32.8 Å². The number of benzene rings is 1. The summed E-state index contributed by atoms with van der Waals surface area (Å²) in [7, 11) is 3.16. The van der Waals surface area contributed by atoms with Gasteiger partial charge in [0.05, 0.1) is 33.9 Å². The first-order chi connectivity index (χ1) is 12.6. The third-order valence-electron chi connectivity index (χ3n) is 3.46. The van der Waals surface area contributed by atoms with Gasteiger partial charge in [0, 0.05) is 0 Å². The number of hydrogen-bond donors (Lipinski definition) is 2. The van der Waals surface area contributed by atoms with E-state index in [0.717, 1.165) is 5.56 Å². The van der Waals surface area contributed by atoms with Gasteiger partial charge in [-0.1, -0.05) is 6.07 Å². The zero-order chi connectivity index (χ0) is 18.9. The van der Waals surface area contributed by atoms with Gasteiger partial charge in [-0.25, -0.2) is 9.79 Å². The monoisotopic (exact) mass is 361 g/mol. The topological polar surface area (TPSA) is 108 Å². The maximum atomic E-state index is 11.5. The number of hydrogen-bond acceptors (Lipinski definition) is 6. The predicted molar refractivity (Wildman–Crippen MR) is 96.4 cm³/mol. The summed E-state index contributed by atoms with van der Waals surface area (Å²) in [5.41, 5.74) is 6.79. The highest BCUT2D eigenvalue weighted by atomic mass is 16.5. The van der Waals surface area contributed by atoms with Crippen LogP contribution < -0.4 is 20.5 Å². The van der Waals surface area contributed by atoms with Crippen molar-refractivity contribution in [3.63, 3.8) is 0 Å². The van der Waals surface area contributed by atoms with Crippen molar-refractivity contribution in [2.75, 3.05) is 20.8 Å². The van der Waals surface area contributed by atoms with Crippen molar-refractivity contribution in [1.29, 1.82) is 0 Å². The number of carbonyl (C=O) groups excluding carboxylic acids is 1. The second-order valence-corrected chi connectivity index (χ2v) is 5.23. The molecule has 2 aromatic rings. The summed E-state index contributed by atoms with van der Waals surface area (Å²) < 4.78 is 20.7. The van der Waals surface area contributed by atoms with Gasteiger partial charge >= 0.3 is 5.97 Å². The second-order valence-electron chi connectivity index (χ2n) is 5.23. The molecule has 26 heavy (non-hydrogen) atoms. The Morgan fingerprint density at radius 2 is 1.96 bits per heavy atom. The molecule has 8 nitrogen and oxygen atoms in total. The number of aliphatic imine (C=N–C) groups is 1. The number of nitrogens with one attached hydrogen (secondary N) is 1. The van der Waals surface area contributed by atoms with Crippen LogP contribution in [0, 0.1) is 0 Å². The van der Waals surface area contributed by atoms with Gasteiger partial charge in [0.1, 0.15) is 5.76 Å². The fourth-order valence-electron chi connectivity index (χ4n) is 2.17. The van der Waals surface area contributed by atoms with Crippen LogP contribution in [0.4, 0.5) is 0 Å². The van der Waals surface area contributed by atoms with E-state index in [9.17, 15) is 4.79 Å². The Labute approximate surface area is 151 Å². The SMILES string of the molecule is CCOC(=O)c1ccc(CNC(N)=NCc2ccc(OC)c(OC)c2)o1. The van der Waals surface area contributed by atoms with Gasteiger partial charge in [-0.15, -0.1) is 0 Å². The smallest absolute Gasteiger partial charge is 0.374 e. The first kappa shape index (κ1) is 19.2. The van der Waals surface area contributed by atoms with Crippen LogP contribution in [0.1, 0.15) is 28.8 Å². The molecule has 0 aliphatic rings. The molecule has 0 saturated heterocycles. The number of methoxy groups -OCH3 is 2. The Morgan fingerprint density at radius 3 is 2.65 bits per heavy atom. The molecule has 1 heterocycles. The number of ether oxygens (including phenoxy) is 3. The Kier molecular flexibility index (Phi) is 6.90. The minimum atomic E-state index is -0.492. The van der Waals surface area contributed by atoms with E-state index in [1.54, 1.807) is 33.3 Å². The van der Waals surface area contributed by atoms with Crippen molar-refractivity contribution >= 4 is 11.9 Å². The molecule has 0 spiro atoms. The van der Waals surface area contributed by atoms with E-state index in [0.29, 0.717) is 37.0 Å². The molecule has 8 heteroatoms. The molecule has 0 aliphatic carbocycles. The minimum Gasteiger partial charge on any atom is -0.493 e. The number of esters is 1. The van der Waals surface area contributed by atoms with Gasteiger partial charge in [0.25, 0.3) is 0 Å². The fraction of sp³-hybridized carbons (Fsp3) is 0.333. The third kappa shape index (κ3) is 5.17. The molecule has 0 radical (unpaired) electrons. The molecule has 0 unspecified atom stereocenters. The highest BCUT2D eigenvalue weighted by Crippen LogP contribution is 2.27. The fourth-order valence-corrected chi connectivity index (χ4v) is 2.17. The number of carbonyl (C=O) groups is 1. The Balaban J connectivity index is 1.90. The lowest BCUT2D eigenvalue weighted by Crippen LogP contribution is -2.31. The molecule has 0 atom stereocenters. The van der Waals surface area contributed by atoms with Crippen LogP contribution in [0.25, 0.3) is 0 Å². The molecule has 0 aliphatic heterocycles. The number of rotatable bonds is 8. The summed E-state index contributed by atoms with van der Waals surface area (Å²) in [6, 6.07) is 8.78. The largest absolute Gasteiger partial charge is 0.493 e. The summed E-state index contributed by atoms with van der Waals surface area (Å²) >= 11 is 0. The lowest BCUT2D eigenvalue weighted by atomic mass is 10.2. The van der Waals surface area contributed by atoms with Gasteiger partial charge in [0.15, 0.2) is 17.5 Å². The molecule has 3 N–H and O–H groups in total. The van der Waals surface area contributed by atoms with Crippen molar-refractivity contribution in [2.24, 2.45) is 10.7 Å². The zero-order valence-electron chi connectivity index (χ0n) is 15.1. The number of guanidine groups is 1. The van der Waals surface area contributed by atoms with Crippen molar-refractivity contribution in [3.8, 4) is 11.5 Å². The van der Waals surface area contributed by atoms with E-state index in [2.05, 4.69) is 10.3 Å². The van der Waals surface area contributed by atoms with Crippen molar-refractivity contribution in [1.82, 2.24) is 5.32 Å². The van der Waals surface area contributed by atoms with Crippen molar-refractivity contribution < 1.29 is 23.4 Å². The van der Waals surface area contributed by atoms with Crippen LogP contribution in [-0.2, 0) is 17.8 Å². The maximum Gasteiger partial charge on any atom is 0.374 e. The molecule has 140 valence electrons. The highest BCUT2D eigenvalue weighted by Gasteiger charge is 2.11. The summed E-state index contributed by atoms with van der Waals surface area (Å²) in [4.78, 5) is 15.8. The lowest BCUT2D eigenvalue weighted by molar-refractivity contribution is 0.0488. The highest BCUT2D eigenvalue weighted by molar-refractivity contribution is 5.86. The summed E-state index contributed by atoms with van der Waals surface area (Å²) in [6.45, 7) is 2.72. The van der Waals surface area contributed by atoms with Gasteiger partial charge in [-0.05, 0) is 36.8 Å². The summed E-state index contributed by atoms with van der Waals surface area (Å²) in [5, 5.41) is 2.93. The molecule has 2 rings (SSSR count). The van der Waals surface area contributed by atoms with Crippen LogP contribution >= 0.6 is 0 Å². The van der Waals surface area contributed by atoms with Crippen LogP contribution in [0.5, 0.6) is 11.5 Å². The third-order valence-corrected chi connectivity index (χ3v) is 3.46. The summed E-state index contributed by atoms with van der Waals surface area (Å²) in [5.74, 6) is 1.76. The van der Waals surface area contributed by atoms with Crippen LogP contribution in [0.15, 0.2) is 39.7 Å². The van der Waals surface area contributed by atoms with Crippen LogP contribution in [0.2, 0.25) is 0 Å². The Morgan fingerprint density at radius 1 is 1.19 bits per heavy atom. The lowest BCUT2D eigenvalue weighted by Gasteiger charge is -2.09. The Hall–Kier alpha value is -3.16. The average Bonchev–Trinajstić information content (AvgIpc) is 3.13. The van der Waals surface area contributed by atoms with E-state index in [4.69, 9.17) is 24.4 Å². The summed E-state index contributed by atoms with van der Waals surface area (Å²) in [6.07, 6.45) is 0. The molecule has 0 saturated carbocycles. The van der Waals surface area contributed by atoms with Gasteiger partial charge in [0.2, 0.25) is 5.76 Å². The normalized spacial score (nSPS) is 11.1. The van der Waals surface area contributed by atoms with Crippen molar-refractivity contribution in [2.45, 2.75) is 20.0 Å². The average molecular weight is 361 g/mol. The molecular formula is C18H23N3O5. The minimum absolute atomic E-state index is 0.157. The van der Waals surface area contributed by atoms with Gasteiger partial charge in [-0.2, -0.15) is 0 Å². The van der Waals surface area contributed by atoms with Crippen LogP contribution in [0.3, 0.4) is 0 Å². The van der Waals surface area contributed by atoms with E-state index in [1.165, 1.54) is 0 Å².